The Morgan fingerprint density at radius 2 is 1.69 bits per heavy atom. The van der Waals surface area contributed by atoms with E-state index in [-0.39, 0.29) is 19.6 Å². The standard InChI is InChI=1S/C23H21N3O3/c24-13-14-25-22(27)21(26-23(28)29-16-17-7-2-1-3-8-17)15-19-11-6-10-18-9-4-5-12-20(18)19/h1-12,21H,14-16H2,(H,25,27)(H,26,28)/t21-/m1/s1. The fourth-order valence-electron chi connectivity index (χ4n) is 3.06. The highest BCUT2D eigenvalue weighted by Gasteiger charge is 2.22. The number of amides is 2. The summed E-state index contributed by atoms with van der Waals surface area (Å²) in [4.78, 5) is 24.8. The van der Waals surface area contributed by atoms with Gasteiger partial charge in [-0.15, -0.1) is 0 Å². The summed E-state index contributed by atoms with van der Waals surface area (Å²) in [6.07, 6.45) is -0.412. The van der Waals surface area contributed by atoms with Crippen LogP contribution in [0.4, 0.5) is 4.79 Å². The first kappa shape index (κ1) is 19.9. The third kappa shape index (κ3) is 5.56. The van der Waals surface area contributed by atoms with Gasteiger partial charge in [-0.2, -0.15) is 5.26 Å². The van der Waals surface area contributed by atoms with E-state index in [9.17, 15) is 9.59 Å². The summed E-state index contributed by atoms with van der Waals surface area (Å²) in [6.45, 7) is -0.0287. The second kappa shape index (κ2) is 9.90. The molecule has 2 N–H and O–H groups in total. The summed E-state index contributed by atoms with van der Waals surface area (Å²) in [5, 5.41) is 15.9. The van der Waals surface area contributed by atoms with E-state index in [1.807, 2.05) is 78.9 Å². The fraction of sp³-hybridized carbons (Fsp3) is 0.174. The van der Waals surface area contributed by atoms with Crippen molar-refractivity contribution in [3.63, 3.8) is 0 Å². The lowest BCUT2D eigenvalue weighted by molar-refractivity contribution is -0.122. The number of benzene rings is 3. The summed E-state index contributed by atoms with van der Waals surface area (Å²) >= 11 is 0. The van der Waals surface area contributed by atoms with Crippen LogP contribution in [0.1, 0.15) is 11.1 Å². The van der Waals surface area contributed by atoms with Crippen LogP contribution in [0.5, 0.6) is 0 Å². The molecular weight excluding hydrogens is 366 g/mol. The van der Waals surface area contributed by atoms with Crippen molar-refractivity contribution in [1.82, 2.24) is 10.6 Å². The Labute approximate surface area is 169 Å². The van der Waals surface area contributed by atoms with Crippen LogP contribution in [0, 0.1) is 11.3 Å². The first-order valence-electron chi connectivity index (χ1n) is 9.26. The highest BCUT2D eigenvalue weighted by atomic mass is 16.5. The molecule has 2 amide bonds. The van der Waals surface area contributed by atoms with Gasteiger partial charge in [0.2, 0.25) is 5.91 Å². The van der Waals surface area contributed by atoms with Gasteiger partial charge < -0.3 is 15.4 Å². The van der Waals surface area contributed by atoms with E-state index in [1.54, 1.807) is 0 Å². The average molecular weight is 387 g/mol. The second-order valence-corrected chi connectivity index (χ2v) is 6.48. The van der Waals surface area contributed by atoms with Crippen molar-refractivity contribution in [3.05, 3.63) is 83.9 Å². The fourth-order valence-corrected chi connectivity index (χ4v) is 3.06. The third-order valence-electron chi connectivity index (χ3n) is 4.47. The molecule has 6 nitrogen and oxygen atoms in total. The highest BCUT2D eigenvalue weighted by Crippen LogP contribution is 2.20. The van der Waals surface area contributed by atoms with E-state index >= 15 is 0 Å². The monoisotopic (exact) mass is 387 g/mol. The van der Waals surface area contributed by atoms with Gasteiger partial charge in [0.15, 0.2) is 0 Å². The molecule has 0 spiro atoms. The molecule has 146 valence electrons. The second-order valence-electron chi connectivity index (χ2n) is 6.48. The van der Waals surface area contributed by atoms with E-state index in [0.29, 0.717) is 0 Å². The Balaban J connectivity index is 1.72. The number of nitrogens with zero attached hydrogens (tertiary/aromatic N) is 1. The van der Waals surface area contributed by atoms with E-state index in [0.717, 1.165) is 21.9 Å². The van der Waals surface area contributed by atoms with Gasteiger partial charge in [-0.25, -0.2) is 4.79 Å². The SMILES string of the molecule is N#CCNC(=O)[C@@H](Cc1cccc2ccccc12)NC(=O)OCc1ccccc1. The van der Waals surface area contributed by atoms with Crippen LogP contribution in [0.25, 0.3) is 10.8 Å². The van der Waals surface area contributed by atoms with Crippen molar-refractivity contribution in [2.45, 2.75) is 19.1 Å². The van der Waals surface area contributed by atoms with Crippen LogP contribution in [0.15, 0.2) is 72.8 Å². The molecule has 0 aliphatic heterocycles. The molecule has 0 aliphatic rings. The molecule has 1 atom stereocenters. The number of rotatable bonds is 7. The summed E-state index contributed by atoms with van der Waals surface area (Å²) < 4.78 is 5.24. The zero-order valence-electron chi connectivity index (χ0n) is 15.8. The molecule has 6 heteroatoms. The maximum Gasteiger partial charge on any atom is 0.408 e. The van der Waals surface area contributed by atoms with Crippen LogP contribution < -0.4 is 10.6 Å². The molecule has 29 heavy (non-hydrogen) atoms. The molecule has 0 aromatic heterocycles. The lowest BCUT2D eigenvalue weighted by Gasteiger charge is -2.19. The van der Waals surface area contributed by atoms with E-state index in [4.69, 9.17) is 10.00 Å². The van der Waals surface area contributed by atoms with Gasteiger partial charge >= 0.3 is 6.09 Å². The van der Waals surface area contributed by atoms with Gasteiger partial charge in [-0.3, -0.25) is 4.79 Å². The topological polar surface area (TPSA) is 91.2 Å². The van der Waals surface area contributed by atoms with Crippen molar-refractivity contribution in [2.24, 2.45) is 0 Å². The Morgan fingerprint density at radius 3 is 2.48 bits per heavy atom. The maximum atomic E-state index is 12.5. The number of nitriles is 1. The Kier molecular flexibility index (Phi) is 6.80. The minimum absolute atomic E-state index is 0.105. The molecule has 0 saturated carbocycles. The predicted octanol–water partition coefficient (Wildman–Crippen LogP) is 3.32. The number of ether oxygens (including phenoxy) is 1. The van der Waals surface area contributed by atoms with E-state index in [1.165, 1.54) is 0 Å². The summed E-state index contributed by atoms with van der Waals surface area (Å²) in [5.41, 5.74) is 1.77. The van der Waals surface area contributed by atoms with Crippen molar-refractivity contribution in [1.29, 1.82) is 5.26 Å². The van der Waals surface area contributed by atoms with Gasteiger partial charge in [-0.1, -0.05) is 72.8 Å². The van der Waals surface area contributed by atoms with Gasteiger partial charge in [0.05, 0.1) is 6.07 Å². The number of nitrogens with one attached hydrogen (secondary N) is 2. The van der Waals surface area contributed by atoms with Gasteiger partial charge in [0.25, 0.3) is 0 Å². The molecule has 0 fully saturated rings. The first-order chi connectivity index (χ1) is 14.2. The van der Waals surface area contributed by atoms with Gasteiger partial charge in [-0.05, 0) is 21.9 Å². The van der Waals surface area contributed by atoms with Crippen molar-refractivity contribution < 1.29 is 14.3 Å². The van der Waals surface area contributed by atoms with E-state index < -0.39 is 18.0 Å². The summed E-state index contributed by atoms with van der Waals surface area (Å²) in [6, 6.07) is 24.0. The molecule has 0 bridgehead atoms. The third-order valence-corrected chi connectivity index (χ3v) is 4.47. The zero-order chi connectivity index (χ0) is 20.5. The normalized spacial score (nSPS) is 11.3. The van der Waals surface area contributed by atoms with Crippen molar-refractivity contribution in [3.8, 4) is 6.07 Å². The van der Waals surface area contributed by atoms with E-state index in [2.05, 4.69) is 10.6 Å². The molecule has 0 saturated heterocycles. The molecule has 0 aliphatic carbocycles. The lowest BCUT2D eigenvalue weighted by atomic mass is 9.98. The quantitative estimate of drug-likeness (QED) is 0.609. The summed E-state index contributed by atoms with van der Waals surface area (Å²) in [7, 11) is 0. The largest absolute Gasteiger partial charge is 0.445 e. The average Bonchev–Trinajstić information content (AvgIpc) is 2.76. The molecule has 0 heterocycles. The Bertz CT molecular complexity index is 1020. The minimum Gasteiger partial charge on any atom is -0.445 e. The van der Waals surface area contributed by atoms with Crippen LogP contribution in [0.2, 0.25) is 0 Å². The summed E-state index contributed by atoms with van der Waals surface area (Å²) in [5.74, 6) is -0.434. The number of carbonyl (C=O) groups is 2. The van der Waals surface area contributed by atoms with Crippen LogP contribution in [-0.4, -0.2) is 24.6 Å². The molecule has 0 unspecified atom stereocenters. The zero-order valence-corrected chi connectivity index (χ0v) is 15.8. The number of fused-ring (bicyclic) bond motifs is 1. The molecule has 3 aromatic rings. The van der Waals surface area contributed by atoms with Gasteiger partial charge in [0, 0.05) is 6.42 Å². The predicted molar refractivity (Wildman–Crippen MR) is 110 cm³/mol. The van der Waals surface area contributed by atoms with Crippen molar-refractivity contribution >= 4 is 22.8 Å². The number of hydrogen-bond acceptors (Lipinski definition) is 4. The van der Waals surface area contributed by atoms with Gasteiger partial charge in [0.1, 0.15) is 19.2 Å². The maximum absolute atomic E-state index is 12.5. The Morgan fingerprint density at radius 1 is 0.966 bits per heavy atom. The molecular formula is C23H21N3O3. The number of alkyl carbamates (subject to hydrolysis) is 1. The number of carbonyl (C=O) groups excluding carboxylic acids is 2. The lowest BCUT2D eigenvalue weighted by Crippen LogP contribution is -2.48. The molecule has 0 radical (unpaired) electrons. The minimum atomic E-state index is -0.863. The highest BCUT2D eigenvalue weighted by molar-refractivity contribution is 5.89. The van der Waals surface area contributed by atoms with Crippen LogP contribution >= 0.6 is 0 Å². The van der Waals surface area contributed by atoms with Crippen LogP contribution in [0.3, 0.4) is 0 Å². The first-order valence-corrected chi connectivity index (χ1v) is 9.26. The smallest absolute Gasteiger partial charge is 0.408 e. The molecule has 3 rings (SSSR count). The molecule has 3 aromatic carbocycles. The van der Waals surface area contributed by atoms with Crippen LogP contribution in [-0.2, 0) is 22.6 Å². The number of hydrogen-bond donors (Lipinski definition) is 2. The van der Waals surface area contributed by atoms with Crippen molar-refractivity contribution in [2.75, 3.05) is 6.54 Å². The Hall–Kier alpha value is -3.85.